The summed E-state index contributed by atoms with van der Waals surface area (Å²) in [5.41, 5.74) is 0. The van der Waals surface area contributed by atoms with E-state index in [-0.39, 0.29) is 12.1 Å². The van der Waals surface area contributed by atoms with Crippen LogP contribution in [0.4, 0.5) is 4.79 Å². The first kappa shape index (κ1) is 17.6. The number of carbonyl (C=O) groups excluding carboxylic acids is 1. The van der Waals surface area contributed by atoms with Gasteiger partial charge in [-0.05, 0) is 32.1 Å². The van der Waals surface area contributed by atoms with Crippen molar-refractivity contribution >= 4 is 12.1 Å². The quantitative estimate of drug-likeness (QED) is 0.530. The van der Waals surface area contributed by atoms with Crippen LogP contribution in [-0.2, 0) is 4.74 Å². The number of unbranched alkanes of at least 4 members (excludes halogenated alkanes) is 1. The molecule has 6 nitrogen and oxygen atoms in total. The maximum absolute atomic E-state index is 11.6. The summed E-state index contributed by atoms with van der Waals surface area (Å²) >= 11 is 0. The molecule has 1 fully saturated rings. The fourth-order valence-electron chi connectivity index (χ4n) is 2.25. The maximum Gasteiger partial charge on any atom is 0.407 e. The second-order valence-electron chi connectivity index (χ2n) is 5.51. The molecule has 122 valence electrons. The van der Waals surface area contributed by atoms with Crippen molar-refractivity contribution in [2.24, 2.45) is 10.9 Å². The molecule has 0 spiro atoms. The van der Waals surface area contributed by atoms with Crippen LogP contribution < -0.4 is 10.6 Å². The van der Waals surface area contributed by atoms with E-state index in [1.807, 2.05) is 14.0 Å². The summed E-state index contributed by atoms with van der Waals surface area (Å²) in [6.45, 7) is 6.06. The van der Waals surface area contributed by atoms with Gasteiger partial charge in [0.1, 0.15) is 0 Å². The van der Waals surface area contributed by atoms with Crippen molar-refractivity contribution in [3.63, 3.8) is 0 Å². The molecule has 0 aromatic carbocycles. The number of rotatable bonds is 8. The van der Waals surface area contributed by atoms with Crippen LogP contribution in [0.5, 0.6) is 0 Å². The lowest BCUT2D eigenvalue weighted by Crippen LogP contribution is -2.48. The van der Waals surface area contributed by atoms with Crippen molar-refractivity contribution in [3.8, 4) is 0 Å². The number of ether oxygens (including phenoxy) is 1. The lowest BCUT2D eigenvalue weighted by atomic mass is 10.2. The number of hydrogen-bond acceptors (Lipinski definition) is 3. The minimum atomic E-state index is -0.328. The topological polar surface area (TPSA) is 66.0 Å². The number of carbonyl (C=O) groups is 1. The molecule has 1 saturated carbocycles. The van der Waals surface area contributed by atoms with Crippen LogP contribution in [0, 0.1) is 5.92 Å². The van der Waals surface area contributed by atoms with E-state index in [0.29, 0.717) is 19.1 Å². The van der Waals surface area contributed by atoms with Crippen molar-refractivity contribution in [2.45, 2.75) is 45.6 Å². The normalized spacial score (nSPS) is 16.3. The van der Waals surface area contributed by atoms with E-state index in [4.69, 9.17) is 4.74 Å². The average molecular weight is 298 g/mol. The van der Waals surface area contributed by atoms with Crippen molar-refractivity contribution in [1.82, 2.24) is 15.5 Å². The van der Waals surface area contributed by atoms with Gasteiger partial charge in [0.25, 0.3) is 0 Å². The highest BCUT2D eigenvalue weighted by Gasteiger charge is 2.32. The molecule has 1 aliphatic rings. The lowest BCUT2D eigenvalue weighted by Gasteiger charge is -2.25. The third kappa shape index (κ3) is 6.69. The molecule has 0 aromatic rings. The Morgan fingerprint density at radius 1 is 1.43 bits per heavy atom. The Bertz CT molecular complexity index is 343. The number of nitrogens with one attached hydrogen (secondary N) is 2. The van der Waals surface area contributed by atoms with Gasteiger partial charge in [0, 0.05) is 27.2 Å². The minimum absolute atomic E-state index is 0.111. The monoisotopic (exact) mass is 298 g/mol. The molecule has 1 unspecified atom stereocenters. The largest absolute Gasteiger partial charge is 0.450 e. The average Bonchev–Trinajstić information content (AvgIpc) is 3.29. The van der Waals surface area contributed by atoms with E-state index in [1.54, 1.807) is 7.05 Å². The molecule has 1 rings (SSSR count). The summed E-state index contributed by atoms with van der Waals surface area (Å²) in [6, 6.07) is 0.111. The fraction of sp³-hybridized carbons (Fsp3) is 0.867. The Hall–Kier alpha value is -1.46. The number of guanidine groups is 1. The van der Waals surface area contributed by atoms with E-state index < -0.39 is 0 Å². The zero-order valence-corrected chi connectivity index (χ0v) is 13.8. The van der Waals surface area contributed by atoms with Crippen molar-refractivity contribution < 1.29 is 9.53 Å². The van der Waals surface area contributed by atoms with E-state index in [0.717, 1.165) is 25.3 Å². The molecule has 21 heavy (non-hydrogen) atoms. The smallest absolute Gasteiger partial charge is 0.407 e. The first-order valence-corrected chi connectivity index (χ1v) is 7.97. The summed E-state index contributed by atoms with van der Waals surface area (Å²) in [7, 11) is 3.82. The molecular formula is C15H30N4O2. The Morgan fingerprint density at radius 2 is 2.14 bits per heavy atom. The van der Waals surface area contributed by atoms with Crippen molar-refractivity contribution in [1.29, 1.82) is 0 Å². The molecular weight excluding hydrogens is 268 g/mol. The number of hydrogen-bond donors (Lipinski definition) is 2. The predicted molar refractivity (Wildman–Crippen MR) is 85.6 cm³/mol. The predicted octanol–water partition coefficient (Wildman–Crippen LogP) is 1.82. The molecule has 6 heteroatoms. The number of alkyl carbamates (subject to hydrolysis) is 1. The molecule has 0 aromatic heterocycles. The van der Waals surface area contributed by atoms with Crippen LogP contribution in [0.1, 0.15) is 39.5 Å². The fourth-order valence-corrected chi connectivity index (χ4v) is 2.25. The Balaban J connectivity index is 2.42. The van der Waals surface area contributed by atoms with Gasteiger partial charge in [-0.3, -0.25) is 4.99 Å². The third-order valence-corrected chi connectivity index (χ3v) is 3.67. The molecule has 0 saturated heterocycles. The van der Waals surface area contributed by atoms with Gasteiger partial charge in [0.05, 0.1) is 12.6 Å². The second kappa shape index (κ2) is 9.47. The van der Waals surface area contributed by atoms with Gasteiger partial charge in [-0.2, -0.15) is 0 Å². The summed E-state index contributed by atoms with van der Waals surface area (Å²) < 4.78 is 4.97. The Morgan fingerprint density at radius 3 is 2.67 bits per heavy atom. The van der Waals surface area contributed by atoms with Gasteiger partial charge < -0.3 is 20.3 Å². The van der Waals surface area contributed by atoms with E-state index in [1.165, 1.54) is 12.8 Å². The highest BCUT2D eigenvalue weighted by atomic mass is 16.5. The molecule has 0 bridgehead atoms. The first-order chi connectivity index (χ1) is 10.1. The molecule has 0 radical (unpaired) electrons. The number of aliphatic imine (C=N–C) groups is 1. The third-order valence-electron chi connectivity index (χ3n) is 3.67. The second-order valence-corrected chi connectivity index (χ2v) is 5.51. The van der Waals surface area contributed by atoms with Crippen LogP contribution in [0.15, 0.2) is 4.99 Å². The van der Waals surface area contributed by atoms with Gasteiger partial charge >= 0.3 is 6.09 Å². The highest BCUT2D eigenvalue weighted by molar-refractivity contribution is 5.79. The molecule has 1 amide bonds. The summed E-state index contributed by atoms with van der Waals surface area (Å²) in [5.74, 6) is 1.43. The first-order valence-electron chi connectivity index (χ1n) is 7.97. The highest BCUT2D eigenvalue weighted by Crippen LogP contribution is 2.32. The van der Waals surface area contributed by atoms with Gasteiger partial charge in [-0.25, -0.2) is 4.79 Å². The van der Waals surface area contributed by atoms with Gasteiger partial charge in [-0.15, -0.1) is 0 Å². The van der Waals surface area contributed by atoms with Gasteiger partial charge in [0.2, 0.25) is 0 Å². The summed E-state index contributed by atoms with van der Waals surface area (Å²) in [4.78, 5) is 18.0. The SMILES string of the molecule is CCCCN(C)C(=NC)NCC(NC(=O)OCC)C1CC1. The molecule has 2 N–H and O–H groups in total. The molecule has 0 aliphatic heterocycles. The van der Waals surface area contributed by atoms with Crippen LogP contribution in [0.25, 0.3) is 0 Å². The minimum Gasteiger partial charge on any atom is -0.450 e. The van der Waals surface area contributed by atoms with Crippen molar-refractivity contribution in [2.75, 3.05) is 33.8 Å². The standard InChI is InChI=1S/C15H30N4O2/c1-5-7-10-19(4)14(16-3)17-11-13(12-8-9-12)18-15(20)21-6-2/h12-13H,5-11H2,1-4H3,(H,16,17)(H,18,20). The lowest BCUT2D eigenvalue weighted by molar-refractivity contribution is 0.146. The Kier molecular flexibility index (Phi) is 7.93. The van der Waals surface area contributed by atoms with Crippen LogP contribution in [-0.4, -0.2) is 56.8 Å². The number of nitrogens with zero attached hydrogens (tertiary/aromatic N) is 2. The zero-order chi connectivity index (χ0) is 15.7. The maximum atomic E-state index is 11.6. The number of amides is 1. The molecule has 1 aliphatic carbocycles. The van der Waals surface area contributed by atoms with Crippen LogP contribution in [0.2, 0.25) is 0 Å². The van der Waals surface area contributed by atoms with Crippen LogP contribution >= 0.6 is 0 Å². The van der Waals surface area contributed by atoms with E-state index >= 15 is 0 Å². The van der Waals surface area contributed by atoms with Gasteiger partial charge in [0.15, 0.2) is 5.96 Å². The van der Waals surface area contributed by atoms with Crippen molar-refractivity contribution in [3.05, 3.63) is 0 Å². The zero-order valence-electron chi connectivity index (χ0n) is 13.8. The molecule has 1 atom stereocenters. The van der Waals surface area contributed by atoms with E-state index in [9.17, 15) is 4.79 Å². The van der Waals surface area contributed by atoms with Crippen LogP contribution in [0.3, 0.4) is 0 Å². The summed E-state index contributed by atoms with van der Waals surface area (Å²) in [6.07, 6.45) is 4.32. The molecule has 0 heterocycles. The Labute approximate surface area is 128 Å². The van der Waals surface area contributed by atoms with E-state index in [2.05, 4.69) is 27.4 Å². The summed E-state index contributed by atoms with van der Waals surface area (Å²) in [5, 5.41) is 6.30. The van der Waals surface area contributed by atoms with Gasteiger partial charge in [-0.1, -0.05) is 13.3 Å².